The lowest BCUT2D eigenvalue weighted by atomic mass is 10.0. The van der Waals surface area contributed by atoms with Crippen LogP contribution in [0.2, 0.25) is 0 Å². The molecule has 1 N–H and O–H groups in total. The van der Waals surface area contributed by atoms with Crippen LogP contribution in [0.3, 0.4) is 0 Å². The van der Waals surface area contributed by atoms with Crippen molar-refractivity contribution in [3.8, 4) is 0 Å². The first kappa shape index (κ1) is 12.3. The smallest absolute Gasteiger partial charge is 0.0809 e. The minimum Gasteiger partial charge on any atom is -0.310 e. The minimum absolute atomic E-state index is 0.386. The fraction of sp³-hybridized carbons (Fsp3) is 0.357. The average molecular weight is 246 g/mol. The van der Waals surface area contributed by atoms with Crippen LogP contribution in [0.4, 0.5) is 0 Å². The van der Waals surface area contributed by atoms with Gasteiger partial charge < -0.3 is 5.32 Å². The predicted octanol–water partition coefficient (Wildman–Crippen LogP) is 3.91. The lowest BCUT2D eigenvalue weighted by molar-refractivity contribution is 0.519. The highest BCUT2D eigenvalue weighted by molar-refractivity contribution is 7.17. The number of hydrogen-bond acceptors (Lipinski definition) is 3. The number of nitrogens with one attached hydrogen (secondary N) is 1. The Hall–Kier alpha value is -1.19. The number of hydrogen-bond donors (Lipinski definition) is 1. The molecule has 0 spiro atoms. The van der Waals surface area contributed by atoms with Gasteiger partial charge in [-0.3, -0.25) is 4.98 Å². The molecule has 90 valence electrons. The van der Waals surface area contributed by atoms with Gasteiger partial charge in [0.2, 0.25) is 0 Å². The first-order valence-electron chi connectivity index (χ1n) is 6.02. The molecule has 0 radical (unpaired) electrons. The van der Waals surface area contributed by atoms with Gasteiger partial charge in [0.1, 0.15) is 0 Å². The Morgan fingerprint density at radius 3 is 3.24 bits per heavy atom. The lowest BCUT2D eigenvalue weighted by Gasteiger charge is -2.17. The van der Waals surface area contributed by atoms with Crippen LogP contribution < -0.4 is 5.32 Å². The van der Waals surface area contributed by atoms with E-state index in [9.17, 15) is 0 Å². The van der Waals surface area contributed by atoms with Crippen LogP contribution in [-0.2, 0) is 0 Å². The zero-order chi connectivity index (χ0) is 12.1. The summed E-state index contributed by atoms with van der Waals surface area (Å²) in [6, 6.07) is 4.70. The molecule has 0 amide bonds. The van der Waals surface area contributed by atoms with E-state index < -0.39 is 0 Å². The van der Waals surface area contributed by atoms with Crippen molar-refractivity contribution in [2.24, 2.45) is 0 Å². The second-order valence-corrected chi connectivity index (χ2v) is 5.00. The summed E-state index contributed by atoms with van der Waals surface area (Å²) in [6.45, 7) is 6.90. The van der Waals surface area contributed by atoms with Gasteiger partial charge in [0.15, 0.2) is 0 Å². The maximum atomic E-state index is 4.50. The van der Waals surface area contributed by atoms with Crippen LogP contribution >= 0.6 is 11.3 Å². The Morgan fingerprint density at radius 1 is 1.59 bits per heavy atom. The van der Waals surface area contributed by atoms with E-state index in [0.717, 1.165) is 24.9 Å². The predicted molar refractivity (Wildman–Crippen MR) is 75.5 cm³/mol. The first-order valence-corrected chi connectivity index (χ1v) is 6.90. The number of nitrogens with zero attached hydrogens (tertiary/aromatic N) is 1. The third-order valence-corrected chi connectivity index (χ3v) is 3.69. The van der Waals surface area contributed by atoms with Crippen LogP contribution in [0.25, 0.3) is 10.2 Å². The molecule has 0 aliphatic carbocycles. The molecule has 0 saturated heterocycles. The Kier molecular flexibility index (Phi) is 4.29. The second kappa shape index (κ2) is 5.94. The van der Waals surface area contributed by atoms with Gasteiger partial charge in [0, 0.05) is 12.2 Å². The summed E-state index contributed by atoms with van der Waals surface area (Å²) in [6.07, 6.45) is 6.07. The molecule has 2 aromatic rings. The number of allylic oxidation sites excluding steroid dienone is 1. The third kappa shape index (κ3) is 2.93. The summed E-state index contributed by atoms with van der Waals surface area (Å²) in [5.41, 5.74) is 2.38. The zero-order valence-corrected chi connectivity index (χ0v) is 11.0. The Balaban J connectivity index is 2.23. The SMILES string of the molecule is C=CCCC(NCC)c1cnc2ccsc2c1. The van der Waals surface area contributed by atoms with Crippen molar-refractivity contribution in [2.75, 3.05) is 6.54 Å². The van der Waals surface area contributed by atoms with Gasteiger partial charge in [-0.2, -0.15) is 0 Å². The molecule has 0 aliphatic heterocycles. The topological polar surface area (TPSA) is 24.9 Å². The van der Waals surface area contributed by atoms with Gasteiger partial charge in [-0.15, -0.1) is 17.9 Å². The van der Waals surface area contributed by atoms with Crippen molar-refractivity contribution in [3.63, 3.8) is 0 Å². The molecular weight excluding hydrogens is 228 g/mol. The van der Waals surface area contributed by atoms with E-state index in [1.807, 2.05) is 12.3 Å². The van der Waals surface area contributed by atoms with E-state index >= 15 is 0 Å². The van der Waals surface area contributed by atoms with Crippen LogP contribution in [0, 0.1) is 0 Å². The molecule has 0 aromatic carbocycles. The summed E-state index contributed by atoms with van der Waals surface area (Å²) in [5.74, 6) is 0. The standard InChI is InChI=1S/C14H18N2S/c1-3-5-6-12(15-4-2)11-9-14-13(16-10-11)7-8-17-14/h3,7-10,12,15H,1,4-6H2,2H3. The van der Waals surface area contributed by atoms with Crippen LogP contribution in [-0.4, -0.2) is 11.5 Å². The van der Waals surface area contributed by atoms with E-state index in [0.29, 0.717) is 6.04 Å². The maximum absolute atomic E-state index is 4.50. The highest BCUT2D eigenvalue weighted by Crippen LogP contribution is 2.24. The highest BCUT2D eigenvalue weighted by atomic mass is 32.1. The van der Waals surface area contributed by atoms with Gasteiger partial charge >= 0.3 is 0 Å². The quantitative estimate of drug-likeness (QED) is 0.782. The van der Waals surface area contributed by atoms with Crippen molar-refractivity contribution < 1.29 is 0 Å². The molecule has 0 aliphatic rings. The number of thiophene rings is 1. The maximum Gasteiger partial charge on any atom is 0.0809 e. The molecule has 1 atom stereocenters. The summed E-state index contributed by atoms with van der Waals surface area (Å²) in [4.78, 5) is 4.50. The fourth-order valence-corrected chi connectivity index (χ4v) is 2.76. The highest BCUT2D eigenvalue weighted by Gasteiger charge is 2.10. The number of pyridine rings is 1. The van der Waals surface area contributed by atoms with Crippen molar-refractivity contribution in [1.82, 2.24) is 10.3 Å². The lowest BCUT2D eigenvalue weighted by Crippen LogP contribution is -2.20. The summed E-state index contributed by atoms with van der Waals surface area (Å²) in [7, 11) is 0. The minimum atomic E-state index is 0.386. The molecule has 0 bridgehead atoms. The summed E-state index contributed by atoms with van der Waals surface area (Å²) >= 11 is 1.75. The van der Waals surface area contributed by atoms with E-state index in [1.54, 1.807) is 11.3 Å². The number of fused-ring (bicyclic) bond motifs is 1. The molecule has 2 nitrogen and oxygen atoms in total. The van der Waals surface area contributed by atoms with E-state index in [-0.39, 0.29) is 0 Å². The monoisotopic (exact) mass is 246 g/mol. The number of aromatic nitrogens is 1. The van der Waals surface area contributed by atoms with Crippen LogP contribution in [0.1, 0.15) is 31.4 Å². The van der Waals surface area contributed by atoms with Gasteiger partial charge in [0.05, 0.1) is 10.2 Å². The molecule has 2 aromatic heterocycles. The Bertz CT molecular complexity index is 490. The van der Waals surface area contributed by atoms with Crippen molar-refractivity contribution in [1.29, 1.82) is 0 Å². The van der Waals surface area contributed by atoms with Crippen molar-refractivity contribution in [2.45, 2.75) is 25.8 Å². The van der Waals surface area contributed by atoms with Crippen LogP contribution in [0.15, 0.2) is 36.4 Å². The van der Waals surface area contributed by atoms with E-state index in [1.165, 1.54) is 10.3 Å². The Labute approximate surface area is 106 Å². The van der Waals surface area contributed by atoms with E-state index in [4.69, 9.17) is 0 Å². The molecule has 2 heterocycles. The zero-order valence-electron chi connectivity index (χ0n) is 10.1. The largest absolute Gasteiger partial charge is 0.310 e. The average Bonchev–Trinajstić information content (AvgIpc) is 2.81. The summed E-state index contributed by atoms with van der Waals surface area (Å²) < 4.78 is 1.27. The molecule has 0 saturated carbocycles. The number of rotatable bonds is 6. The molecule has 1 unspecified atom stereocenters. The third-order valence-electron chi connectivity index (χ3n) is 2.84. The first-order chi connectivity index (χ1) is 8.35. The van der Waals surface area contributed by atoms with Crippen LogP contribution in [0.5, 0.6) is 0 Å². The molecule has 2 rings (SSSR count). The fourth-order valence-electron chi connectivity index (χ4n) is 1.97. The van der Waals surface area contributed by atoms with Crippen molar-refractivity contribution >= 4 is 21.6 Å². The Morgan fingerprint density at radius 2 is 2.47 bits per heavy atom. The van der Waals surface area contributed by atoms with Gasteiger partial charge in [-0.25, -0.2) is 0 Å². The summed E-state index contributed by atoms with van der Waals surface area (Å²) in [5, 5.41) is 5.60. The van der Waals surface area contributed by atoms with Gasteiger partial charge in [-0.1, -0.05) is 13.0 Å². The molecule has 17 heavy (non-hydrogen) atoms. The molecule has 0 fully saturated rings. The van der Waals surface area contributed by atoms with Gasteiger partial charge in [0.25, 0.3) is 0 Å². The van der Waals surface area contributed by atoms with Crippen molar-refractivity contribution in [3.05, 3.63) is 41.9 Å². The van der Waals surface area contributed by atoms with Gasteiger partial charge in [-0.05, 0) is 42.5 Å². The second-order valence-electron chi connectivity index (χ2n) is 4.05. The van der Waals surface area contributed by atoms with E-state index in [2.05, 4.69) is 41.3 Å². The molecular formula is C14H18N2S. The molecule has 3 heteroatoms. The normalized spacial score (nSPS) is 12.8.